The van der Waals surface area contributed by atoms with Crippen molar-refractivity contribution in [2.45, 2.75) is 19.8 Å². The Balaban J connectivity index is 1.85. The van der Waals surface area contributed by atoms with Crippen molar-refractivity contribution >= 4 is 28.2 Å². The molecule has 0 spiro atoms. The smallest absolute Gasteiger partial charge is 0.345 e. The quantitative estimate of drug-likeness (QED) is 0.887. The molecule has 0 aliphatic rings. The van der Waals surface area contributed by atoms with E-state index in [9.17, 15) is 9.59 Å². The topological polar surface area (TPSA) is 66.4 Å². The van der Waals surface area contributed by atoms with E-state index in [-0.39, 0.29) is 10.8 Å². The van der Waals surface area contributed by atoms with E-state index in [0.29, 0.717) is 17.8 Å². The van der Waals surface area contributed by atoms with E-state index in [1.165, 1.54) is 11.6 Å². The maximum absolute atomic E-state index is 11.8. The highest BCUT2D eigenvalue weighted by Gasteiger charge is 2.09. The zero-order valence-electron chi connectivity index (χ0n) is 11.1. The molecule has 20 heavy (non-hydrogen) atoms. The Labute approximate surface area is 121 Å². The third-order valence-corrected chi connectivity index (χ3v) is 3.83. The minimum absolute atomic E-state index is 0.107. The number of rotatable bonds is 5. The number of hydrogen-bond donors (Lipinski definition) is 2. The lowest BCUT2D eigenvalue weighted by Crippen LogP contribution is -2.11. The maximum atomic E-state index is 11.8. The van der Waals surface area contributed by atoms with Crippen molar-refractivity contribution in [3.05, 3.63) is 52.4 Å². The molecule has 1 aromatic carbocycles. The summed E-state index contributed by atoms with van der Waals surface area (Å²) in [6, 6.07) is 11.2. The molecule has 2 rings (SSSR count). The molecule has 104 valence electrons. The first-order valence-electron chi connectivity index (χ1n) is 6.23. The van der Waals surface area contributed by atoms with Gasteiger partial charge in [0.1, 0.15) is 4.88 Å². The number of carboxylic acid groups (broad SMARTS) is 1. The number of carboxylic acids is 1. The molecule has 0 aliphatic heterocycles. The van der Waals surface area contributed by atoms with Crippen LogP contribution in [0.1, 0.15) is 27.2 Å². The fourth-order valence-electron chi connectivity index (χ4n) is 1.73. The van der Waals surface area contributed by atoms with Gasteiger partial charge >= 0.3 is 5.97 Å². The predicted molar refractivity (Wildman–Crippen MR) is 79.4 cm³/mol. The van der Waals surface area contributed by atoms with Crippen LogP contribution in [0.25, 0.3) is 0 Å². The molecule has 0 radical (unpaired) electrons. The van der Waals surface area contributed by atoms with Crippen molar-refractivity contribution in [1.82, 2.24) is 0 Å². The van der Waals surface area contributed by atoms with Crippen molar-refractivity contribution in [2.24, 2.45) is 0 Å². The summed E-state index contributed by atoms with van der Waals surface area (Å²) in [5.41, 5.74) is 2.31. The van der Waals surface area contributed by atoms with E-state index >= 15 is 0 Å². The van der Waals surface area contributed by atoms with Crippen molar-refractivity contribution < 1.29 is 14.7 Å². The van der Waals surface area contributed by atoms with Crippen LogP contribution in [0, 0.1) is 6.92 Å². The third kappa shape index (κ3) is 3.93. The lowest BCUT2D eigenvalue weighted by Gasteiger charge is -2.03. The van der Waals surface area contributed by atoms with Gasteiger partial charge in [0, 0.05) is 6.42 Å². The Bertz CT molecular complexity index is 616. The van der Waals surface area contributed by atoms with Gasteiger partial charge in [-0.2, -0.15) is 0 Å². The van der Waals surface area contributed by atoms with E-state index in [4.69, 9.17) is 5.11 Å². The highest BCUT2D eigenvalue weighted by atomic mass is 32.1. The van der Waals surface area contributed by atoms with Crippen LogP contribution in [-0.4, -0.2) is 17.0 Å². The first-order valence-corrected chi connectivity index (χ1v) is 7.05. The number of aryl methyl sites for hydroxylation is 2. The lowest BCUT2D eigenvalue weighted by molar-refractivity contribution is -0.116. The molecule has 0 atom stereocenters. The Hall–Kier alpha value is -2.14. The highest BCUT2D eigenvalue weighted by Crippen LogP contribution is 2.22. The van der Waals surface area contributed by atoms with Crippen LogP contribution >= 0.6 is 11.3 Å². The fraction of sp³-hybridized carbons (Fsp3) is 0.200. The van der Waals surface area contributed by atoms with E-state index in [1.54, 1.807) is 6.07 Å². The van der Waals surface area contributed by atoms with Gasteiger partial charge in [0.25, 0.3) is 0 Å². The zero-order chi connectivity index (χ0) is 14.5. The third-order valence-electron chi connectivity index (χ3n) is 2.84. The minimum Gasteiger partial charge on any atom is -0.477 e. The van der Waals surface area contributed by atoms with Gasteiger partial charge in [-0.1, -0.05) is 29.8 Å². The Morgan fingerprint density at radius 1 is 1.15 bits per heavy atom. The minimum atomic E-state index is -0.977. The normalized spacial score (nSPS) is 10.2. The Morgan fingerprint density at radius 2 is 1.85 bits per heavy atom. The van der Waals surface area contributed by atoms with Gasteiger partial charge in [-0.25, -0.2) is 4.79 Å². The van der Waals surface area contributed by atoms with E-state index < -0.39 is 5.97 Å². The number of hydrogen-bond acceptors (Lipinski definition) is 3. The van der Waals surface area contributed by atoms with Crippen molar-refractivity contribution in [3.8, 4) is 0 Å². The summed E-state index contributed by atoms with van der Waals surface area (Å²) in [7, 11) is 0. The SMILES string of the molecule is Cc1ccc(CCC(=O)Nc2ccc(C(=O)O)s2)cc1. The monoisotopic (exact) mass is 289 g/mol. The fourth-order valence-corrected chi connectivity index (χ4v) is 2.49. The second-order valence-electron chi connectivity index (χ2n) is 4.50. The summed E-state index contributed by atoms with van der Waals surface area (Å²) in [4.78, 5) is 22.7. The zero-order valence-corrected chi connectivity index (χ0v) is 11.9. The summed E-state index contributed by atoms with van der Waals surface area (Å²) >= 11 is 1.06. The number of carbonyl (C=O) groups excluding carboxylic acids is 1. The van der Waals surface area contributed by atoms with Crippen LogP contribution in [0.3, 0.4) is 0 Å². The van der Waals surface area contributed by atoms with Crippen LogP contribution < -0.4 is 5.32 Å². The van der Waals surface area contributed by atoms with Crippen molar-refractivity contribution in [1.29, 1.82) is 0 Å². The number of aromatic carboxylic acids is 1. The van der Waals surface area contributed by atoms with Crippen molar-refractivity contribution in [2.75, 3.05) is 5.32 Å². The number of benzene rings is 1. The number of thiophene rings is 1. The Morgan fingerprint density at radius 3 is 2.45 bits per heavy atom. The molecule has 2 N–H and O–H groups in total. The summed E-state index contributed by atoms with van der Waals surface area (Å²) in [5, 5.41) is 12.1. The molecule has 0 saturated carbocycles. The summed E-state index contributed by atoms with van der Waals surface area (Å²) in [6.45, 7) is 2.02. The van der Waals surface area contributed by atoms with E-state index in [0.717, 1.165) is 16.9 Å². The molecule has 0 unspecified atom stereocenters. The number of anilines is 1. The standard InChI is InChI=1S/C15H15NO3S/c1-10-2-4-11(5-3-10)6-8-13(17)16-14-9-7-12(20-14)15(18)19/h2-5,7,9H,6,8H2,1H3,(H,16,17)(H,18,19). The van der Waals surface area contributed by atoms with E-state index in [2.05, 4.69) is 5.32 Å². The molecule has 1 aromatic heterocycles. The average Bonchev–Trinajstić information content (AvgIpc) is 2.87. The molecular formula is C15H15NO3S. The van der Waals surface area contributed by atoms with E-state index in [1.807, 2.05) is 31.2 Å². The molecule has 0 aliphatic carbocycles. The first-order chi connectivity index (χ1) is 9.54. The molecule has 4 nitrogen and oxygen atoms in total. The lowest BCUT2D eigenvalue weighted by atomic mass is 10.1. The molecule has 1 heterocycles. The van der Waals surface area contributed by atoms with Gasteiger partial charge in [-0.05, 0) is 31.0 Å². The first kappa shape index (κ1) is 14.3. The number of amides is 1. The largest absolute Gasteiger partial charge is 0.477 e. The molecule has 0 bridgehead atoms. The van der Waals surface area contributed by atoms with Crippen LogP contribution in [0.5, 0.6) is 0 Å². The Kier molecular flexibility index (Phi) is 4.53. The molecule has 0 saturated heterocycles. The van der Waals surface area contributed by atoms with Gasteiger partial charge in [0.2, 0.25) is 5.91 Å². The van der Waals surface area contributed by atoms with Gasteiger partial charge in [0.05, 0.1) is 5.00 Å². The van der Waals surface area contributed by atoms with Crippen LogP contribution in [0.2, 0.25) is 0 Å². The second-order valence-corrected chi connectivity index (χ2v) is 5.59. The van der Waals surface area contributed by atoms with Gasteiger partial charge in [-0.3, -0.25) is 4.79 Å². The van der Waals surface area contributed by atoms with Crippen LogP contribution in [0.4, 0.5) is 5.00 Å². The summed E-state index contributed by atoms with van der Waals surface area (Å²) in [5.74, 6) is -1.08. The van der Waals surface area contributed by atoms with Gasteiger partial charge < -0.3 is 10.4 Å². The predicted octanol–water partition coefficient (Wildman–Crippen LogP) is 3.33. The van der Waals surface area contributed by atoms with Crippen LogP contribution in [0.15, 0.2) is 36.4 Å². The second kappa shape index (κ2) is 6.34. The van der Waals surface area contributed by atoms with Gasteiger partial charge in [-0.15, -0.1) is 11.3 Å². The molecular weight excluding hydrogens is 274 g/mol. The summed E-state index contributed by atoms with van der Waals surface area (Å²) in [6.07, 6.45) is 1.05. The summed E-state index contributed by atoms with van der Waals surface area (Å²) < 4.78 is 0. The molecule has 5 heteroatoms. The molecule has 1 amide bonds. The number of nitrogens with one attached hydrogen (secondary N) is 1. The highest BCUT2D eigenvalue weighted by molar-refractivity contribution is 7.18. The maximum Gasteiger partial charge on any atom is 0.345 e. The average molecular weight is 289 g/mol. The molecule has 0 fully saturated rings. The number of carbonyl (C=O) groups is 2. The van der Waals surface area contributed by atoms with Crippen molar-refractivity contribution in [3.63, 3.8) is 0 Å². The molecule has 2 aromatic rings. The van der Waals surface area contributed by atoms with Crippen LogP contribution in [-0.2, 0) is 11.2 Å². The van der Waals surface area contributed by atoms with Gasteiger partial charge in [0.15, 0.2) is 0 Å².